The zero-order chi connectivity index (χ0) is 34.2. The first-order valence-corrected chi connectivity index (χ1v) is 17.4. The maximum atomic E-state index is 6.61. The third-order valence-electron chi connectivity index (χ3n) is 10.1. The molecule has 0 bridgehead atoms. The number of aromatic nitrogens is 3. The summed E-state index contributed by atoms with van der Waals surface area (Å²) in [6, 6.07) is 56.3. The van der Waals surface area contributed by atoms with E-state index in [1.54, 1.807) is 0 Å². The van der Waals surface area contributed by atoms with Crippen molar-refractivity contribution in [3.63, 3.8) is 0 Å². The van der Waals surface area contributed by atoms with Crippen molar-refractivity contribution in [2.75, 3.05) is 0 Å². The van der Waals surface area contributed by atoms with E-state index < -0.39 is 0 Å². The van der Waals surface area contributed by atoms with Crippen LogP contribution < -0.4 is 0 Å². The molecule has 0 fully saturated rings. The van der Waals surface area contributed by atoms with Crippen LogP contribution in [0.25, 0.3) is 111 Å². The third kappa shape index (κ3) is 4.39. The number of furan rings is 2. The molecule has 0 saturated carbocycles. The normalized spacial score (nSPS) is 11.8. The van der Waals surface area contributed by atoms with Crippen molar-refractivity contribution in [3.8, 4) is 45.3 Å². The summed E-state index contributed by atoms with van der Waals surface area (Å²) in [5, 5.41) is 8.61. The van der Waals surface area contributed by atoms with Crippen molar-refractivity contribution < 1.29 is 8.83 Å². The predicted octanol–water partition coefficient (Wildman–Crippen LogP) is 12.6. The van der Waals surface area contributed by atoms with E-state index in [0.29, 0.717) is 17.5 Å². The minimum atomic E-state index is 0.571. The average molecular weight is 666 g/mol. The van der Waals surface area contributed by atoms with Crippen molar-refractivity contribution in [2.45, 2.75) is 0 Å². The van der Waals surface area contributed by atoms with Gasteiger partial charge in [0.05, 0.1) is 0 Å². The highest BCUT2D eigenvalue weighted by molar-refractivity contribution is 6.29. The number of rotatable bonds is 4. The smallest absolute Gasteiger partial charge is 0.164 e. The Morgan fingerprint density at radius 3 is 1.67 bits per heavy atom. The average Bonchev–Trinajstić information content (AvgIpc) is 3.79. The maximum Gasteiger partial charge on any atom is 0.164 e. The molecule has 0 aliphatic carbocycles. The SMILES string of the molecule is c1ccc(-c2ccc3c(ccc4c(-c5nc(-c6ccccc6)nc(-c6cccc7oc8ccccc8c67)n5)cc5oc6ccccc6c5c43)c2)cc1. The van der Waals surface area contributed by atoms with E-state index in [0.717, 1.165) is 82.1 Å². The largest absolute Gasteiger partial charge is 0.456 e. The van der Waals surface area contributed by atoms with E-state index in [1.807, 2.05) is 78.9 Å². The molecule has 0 radical (unpaired) electrons. The predicted molar refractivity (Wildman–Crippen MR) is 211 cm³/mol. The fraction of sp³-hybridized carbons (Fsp3) is 0. The molecule has 0 unspecified atom stereocenters. The molecule has 5 heteroatoms. The first-order chi connectivity index (χ1) is 25.8. The molecule has 0 aliphatic rings. The molecular weight excluding hydrogens is 639 g/mol. The van der Waals surface area contributed by atoms with Gasteiger partial charge in [-0.2, -0.15) is 0 Å². The zero-order valence-corrected chi connectivity index (χ0v) is 27.7. The quantitative estimate of drug-likeness (QED) is 0.175. The summed E-state index contributed by atoms with van der Waals surface area (Å²) in [5.41, 5.74) is 8.27. The Hall–Kier alpha value is -7.11. The Bertz CT molecular complexity index is 3180. The molecule has 3 aromatic heterocycles. The van der Waals surface area contributed by atoms with Gasteiger partial charge in [-0.3, -0.25) is 0 Å². The standard InChI is InChI=1S/C47H27N3O2/c1-3-12-28(13-4-1)30-22-24-32-31(26-30)23-25-33-37(27-41-44(43(32)33)35-17-8-10-20-39(35)52-41)47-49-45(29-14-5-2-6-15-29)48-46(50-47)36-18-11-21-40-42(36)34-16-7-9-19-38(34)51-40/h1-27H. The van der Waals surface area contributed by atoms with E-state index in [-0.39, 0.29) is 0 Å². The van der Waals surface area contributed by atoms with E-state index in [2.05, 4.69) is 84.9 Å². The number of para-hydroxylation sites is 2. The molecule has 0 spiro atoms. The van der Waals surface area contributed by atoms with E-state index in [9.17, 15) is 0 Å². The van der Waals surface area contributed by atoms with Crippen molar-refractivity contribution in [3.05, 3.63) is 164 Å². The van der Waals surface area contributed by atoms with Crippen molar-refractivity contribution in [1.82, 2.24) is 15.0 Å². The summed E-state index contributed by atoms with van der Waals surface area (Å²) in [4.78, 5) is 15.6. The van der Waals surface area contributed by atoms with Crippen LogP contribution in [-0.2, 0) is 0 Å². The third-order valence-corrected chi connectivity index (χ3v) is 10.1. The maximum absolute atomic E-state index is 6.61. The van der Waals surface area contributed by atoms with Crippen LogP contribution in [-0.4, -0.2) is 15.0 Å². The number of benzene rings is 8. The van der Waals surface area contributed by atoms with Crippen LogP contribution in [0.4, 0.5) is 0 Å². The second kappa shape index (κ2) is 11.2. The van der Waals surface area contributed by atoms with E-state index in [4.69, 9.17) is 23.8 Å². The van der Waals surface area contributed by atoms with Crippen LogP contribution in [0.1, 0.15) is 0 Å². The van der Waals surface area contributed by atoms with Gasteiger partial charge in [0.2, 0.25) is 0 Å². The Kier molecular flexibility index (Phi) is 6.18. The van der Waals surface area contributed by atoms with Crippen LogP contribution in [0.3, 0.4) is 0 Å². The number of hydrogen-bond donors (Lipinski definition) is 0. The highest BCUT2D eigenvalue weighted by Crippen LogP contribution is 2.44. The van der Waals surface area contributed by atoms with Gasteiger partial charge in [0, 0.05) is 43.6 Å². The fourth-order valence-electron chi connectivity index (χ4n) is 7.75. The minimum Gasteiger partial charge on any atom is -0.456 e. The first-order valence-electron chi connectivity index (χ1n) is 17.4. The molecule has 242 valence electrons. The lowest BCUT2D eigenvalue weighted by Gasteiger charge is -2.13. The summed E-state index contributed by atoms with van der Waals surface area (Å²) in [5.74, 6) is 1.74. The van der Waals surface area contributed by atoms with Gasteiger partial charge in [-0.1, -0.05) is 133 Å². The van der Waals surface area contributed by atoms with Gasteiger partial charge in [-0.15, -0.1) is 0 Å². The van der Waals surface area contributed by atoms with Gasteiger partial charge in [0.25, 0.3) is 0 Å². The van der Waals surface area contributed by atoms with Crippen molar-refractivity contribution in [1.29, 1.82) is 0 Å². The molecule has 8 aromatic carbocycles. The van der Waals surface area contributed by atoms with E-state index in [1.165, 1.54) is 11.1 Å². The lowest BCUT2D eigenvalue weighted by molar-refractivity contribution is 0.669. The molecule has 3 heterocycles. The number of fused-ring (bicyclic) bond motifs is 10. The molecule has 0 aliphatic heterocycles. The minimum absolute atomic E-state index is 0.571. The highest BCUT2D eigenvalue weighted by Gasteiger charge is 2.22. The van der Waals surface area contributed by atoms with Crippen LogP contribution in [0.15, 0.2) is 173 Å². The Morgan fingerprint density at radius 2 is 0.904 bits per heavy atom. The Morgan fingerprint density at radius 1 is 0.308 bits per heavy atom. The van der Waals surface area contributed by atoms with Gasteiger partial charge >= 0.3 is 0 Å². The highest BCUT2D eigenvalue weighted by atomic mass is 16.3. The van der Waals surface area contributed by atoms with Crippen molar-refractivity contribution in [2.24, 2.45) is 0 Å². The van der Waals surface area contributed by atoms with Gasteiger partial charge < -0.3 is 8.83 Å². The van der Waals surface area contributed by atoms with Crippen LogP contribution in [0.2, 0.25) is 0 Å². The van der Waals surface area contributed by atoms with Gasteiger partial charge in [0.1, 0.15) is 22.3 Å². The second-order valence-corrected chi connectivity index (χ2v) is 13.1. The fourth-order valence-corrected chi connectivity index (χ4v) is 7.75. The second-order valence-electron chi connectivity index (χ2n) is 13.1. The zero-order valence-electron chi connectivity index (χ0n) is 27.7. The number of nitrogens with zero attached hydrogens (tertiary/aromatic N) is 3. The summed E-state index contributed by atoms with van der Waals surface area (Å²) < 4.78 is 12.9. The first kappa shape index (κ1) is 28.7. The van der Waals surface area contributed by atoms with Crippen LogP contribution in [0, 0.1) is 0 Å². The number of hydrogen-bond acceptors (Lipinski definition) is 5. The lowest BCUT2D eigenvalue weighted by Crippen LogP contribution is -2.01. The Balaban J connectivity index is 1.23. The molecule has 0 atom stereocenters. The van der Waals surface area contributed by atoms with Crippen LogP contribution in [0.5, 0.6) is 0 Å². The summed E-state index contributed by atoms with van der Waals surface area (Å²) in [6.07, 6.45) is 0. The molecule has 11 rings (SSSR count). The molecule has 0 N–H and O–H groups in total. The summed E-state index contributed by atoms with van der Waals surface area (Å²) in [7, 11) is 0. The van der Waals surface area contributed by atoms with Gasteiger partial charge in [-0.25, -0.2) is 15.0 Å². The Labute approximate surface area is 297 Å². The molecule has 0 saturated heterocycles. The topological polar surface area (TPSA) is 65.0 Å². The van der Waals surface area contributed by atoms with Gasteiger partial charge in [-0.05, 0) is 57.6 Å². The lowest BCUT2D eigenvalue weighted by atomic mass is 9.92. The van der Waals surface area contributed by atoms with Crippen molar-refractivity contribution >= 4 is 65.4 Å². The summed E-state index contributed by atoms with van der Waals surface area (Å²) in [6.45, 7) is 0. The molecule has 0 amide bonds. The van der Waals surface area contributed by atoms with Crippen LogP contribution >= 0.6 is 0 Å². The molecule has 11 aromatic rings. The molecule has 52 heavy (non-hydrogen) atoms. The van der Waals surface area contributed by atoms with Gasteiger partial charge in [0.15, 0.2) is 17.5 Å². The molecular formula is C47H27N3O2. The molecule has 5 nitrogen and oxygen atoms in total. The summed E-state index contributed by atoms with van der Waals surface area (Å²) >= 11 is 0. The van der Waals surface area contributed by atoms with E-state index >= 15 is 0 Å². The monoisotopic (exact) mass is 665 g/mol.